The molecular weight excluding hydrogens is 336 g/mol. The summed E-state index contributed by atoms with van der Waals surface area (Å²) in [6, 6.07) is 2.83. The molecule has 1 unspecified atom stereocenters. The van der Waals surface area contributed by atoms with E-state index in [-0.39, 0.29) is 23.1 Å². The average molecular weight is 360 g/mol. The number of benzene rings is 1. The molecule has 1 aliphatic heterocycles. The summed E-state index contributed by atoms with van der Waals surface area (Å²) < 4.78 is 53.9. The third-order valence-corrected chi connectivity index (χ3v) is 4.48. The second-order valence-corrected chi connectivity index (χ2v) is 7.53. The van der Waals surface area contributed by atoms with E-state index in [9.17, 15) is 22.4 Å². The molecule has 0 radical (unpaired) electrons. The Labute approximate surface area is 145 Å². The van der Waals surface area contributed by atoms with E-state index in [0.717, 1.165) is 25.1 Å². The normalized spacial score (nSPS) is 19.1. The van der Waals surface area contributed by atoms with Crippen LogP contribution in [0.2, 0.25) is 0 Å². The van der Waals surface area contributed by atoms with Crippen LogP contribution in [0.15, 0.2) is 18.2 Å². The van der Waals surface area contributed by atoms with Crippen LogP contribution in [0.4, 0.5) is 17.6 Å². The lowest BCUT2D eigenvalue weighted by Crippen LogP contribution is -2.48. The molecule has 140 valence electrons. The van der Waals surface area contributed by atoms with Crippen molar-refractivity contribution in [3.05, 3.63) is 34.9 Å². The van der Waals surface area contributed by atoms with Gasteiger partial charge in [-0.3, -0.25) is 4.79 Å². The van der Waals surface area contributed by atoms with E-state index in [0.29, 0.717) is 6.42 Å². The summed E-state index contributed by atoms with van der Waals surface area (Å²) in [4.78, 5) is 12.3. The molecule has 1 aromatic carbocycles. The number of carbonyl (C=O) groups excluding carboxylic acids is 1. The second kappa shape index (κ2) is 6.59. The number of rotatable bonds is 4. The molecule has 7 heteroatoms. The minimum atomic E-state index is -4.59. The van der Waals surface area contributed by atoms with Crippen molar-refractivity contribution < 1.29 is 22.4 Å². The lowest BCUT2D eigenvalue weighted by molar-refractivity contribution is -0.137. The van der Waals surface area contributed by atoms with Gasteiger partial charge in [0.25, 0.3) is 0 Å². The summed E-state index contributed by atoms with van der Waals surface area (Å²) in [6.45, 7) is 6.39. The quantitative estimate of drug-likeness (QED) is 0.797. The Morgan fingerprint density at radius 1 is 1.04 bits per heavy atom. The van der Waals surface area contributed by atoms with E-state index in [2.05, 4.69) is 10.6 Å². The van der Waals surface area contributed by atoms with E-state index in [4.69, 9.17) is 0 Å². The van der Waals surface area contributed by atoms with Crippen LogP contribution in [0.3, 0.4) is 0 Å². The Morgan fingerprint density at radius 2 is 1.60 bits per heavy atom. The highest BCUT2D eigenvalue weighted by Gasteiger charge is 2.36. The van der Waals surface area contributed by atoms with Gasteiger partial charge in [-0.15, -0.1) is 0 Å². The largest absolute Gasteiger partial charge is 0.416 e. The molecule has 0 aromatic heterocycles. The van der Waals surface area contributed by atoms with Gasteiger partial charge in [0.2, 0.25) is 5.91 Å². The predicted molar refractivity (Wildman–Crippen MR) is 87.8 cm³/mol. The number of hydrogen-bond acceptors (Lipinski definition) is 2. The molecule has 1 fully saturated rings. The Balaban J connectivity index is 2.39. The van der Waals surface area contributed by atoms with Crippen molar-refractivity contribution in [1.29, 1.82) is 0 Å². The SMILES string of the molecule is CC(C)(F)c1cc(C(F)(F)F)cc(C(C)(C)NC(=O)C2CCCN2)c1. The third kappa shape index (κ3) is 4.71. The number of amides is 1. The molecule has 2 N–H and O–H groups in total. The van der Waals surface area contributed by atoms with Gasteiger partial charge in [-0.1, -0.05) is 6.07 Å². The predicted octanol–water partition coefficient (Wildman–Crippen LogP) is 4.01. The fourth-order valence-corrected chi connectivity index (χ4v) is 2.87. The molecule has 0 bridgehead atoms. The highest BCUT2D eigenvalue weighted by atomic mass is 19.4. The van der Waals surface area contributed by atoms with Crippen molar-refractivity contribution in [2.45, 2.75) is 64.0 Å². The molecule has 1 heterocycles. The summed E-state index contributed by atoms with van der Waals surface area (Å²) in [6.07, 6.45) is -3.03. The summed E-state index contributed by atoms with van der Waals surface area (Å²) in [5, 5.41) is 5.83. The van der Waals surface area contributed by atoms with Gasteiger partial charge in [-0.25, -0.2) is 4.39 Å². The summed E-state index contributed by atoms with van der Waals surface area (Å²) in [5.74, 6) is -0.263. The Hall–Kier alpha value is -1.63. The third-order valence-electron chi connectivity index (χ3n) is 4.48. The van der Waals surface area contributed by atoms with Crippen molar-refractivity contribution in [2.75, 3.05) is 6.54 Å². The van der Waals surface area contributed by atoms with Crippen LogP contribution in [0.5, 0.6) is 0 Å². The fraction of sp³-hybridized carbons (Fsp3) is 0.611. The number of halogens is 4. The molecule has 1 amide bonds. The van der Waals surface area contributed by atoms with Crippen LogP contribution >= 0.6 is 0 Å². The smallest absolute Gasteiger partial charge is 0.346 e. The lowest BCUT2D eigenvalue weighted by atomic mass is 9.87. The van der Waals surface area contributed by atoms with E-state index in [1.54, 1.807) is 13.8 Å². The van der Waals surface area contributed by atoms with E-state index >= 15 is 0 Å². The van der Waals surface area contributed by atoms with Crippen LogP contribution in [0.1, 0.15) is 57.2 Å². The molecule has 0 saturated carbocycles. The maximum absolute atomic E-state index is 14.3. The van der Waals surface area contributed by atoms with Gasteiger partial charge in [-0.2, -0.15) is 13.2 Å². The molecule has 1 aliphatic rings. The molecule has 25 heavy (non-hydrogen) atoms. The molecule has 0 spiro atoms. The maximum atomic E-state index is 14.3. The van der Waals surface area contributed by atoms with Gasteiger partial charge in [0.1, 0.15) is 5.67 Å². The van der Waals surface area contributed by atoms with Crippen LogP contribution in [-0.4, -0.2) is 18.5 Å². The van der Waals surface area contributed by atoms with Crippen LogP contribution in [0.25, 0.3) is 0 Å². The molecule has 0 aliphatic carbocycles. The van der Waals surface area contributed by atoms with Gasteiger partial charge < -0.3 is 10.6 Å². The van der Waals surface area contributed by atoms with Gasteiger partial charge in [0, 0.05) is 0 Å². The first-order valence-corrected chi connectivity index (χ1v) is 8.28. The molecule has 1 saturated heterocycles. The number of nitrogens with one attached hydrogen (secondary N) is 2. The second-order valence-electron chi connectivity index (χ2n) is 7.53. The molecular formula is C18H24F4N2O. The first kappa shape index (κ1) is 19.7. The van der Waals surface area contributed by atoms with Crippen molar-refractivity contribution in [3.63, 3.8) is 0 Å². The Bertz CT molecular complexity index is 609. The fourth-order valence-electron chi connectivity index (χ4n) is 2.87. The number of carbonyl (C=O) groups is 1. The first-order valence-electron chi connectivity index (χ1n) is 8.28. The highest BCUT2D eigenvalue weighted by molar-refractivity contribution is 5.82. The van der Waals surface area contributed by atoms with Crippen molar-refractivity contribution >= 4 is 5.91 Å². The van der Waals surface area contributed by atoms with Crippen LogP contribution < -0.4 is 10.6 Å². The molecule has 2 rings (SSSR count). The van der Waals surface area contributed by atoms with E-state index in [1.165, 1.54) is 19.9 Å². The standard InChI is InChI=1S/C18H24F4N2O/c1-16(2,19)11-8-12(10-13(9-11)18(20,21)22)17(3,4)24-15(25)14-6-5-7-23-14/h8-10,14,23H,5-7H2,1-4H3,(H,24,25). The van der Waals surface area contributed by atoms with E-state index in [1.807, 2.05) is 0 Å². The summed E-state index contributed by atoms with van der Waals surface area (Å²) >= 11 is 0. The minimum absolute atomic E-state index is 0.0707. The van der Waals surface area contributed by atoms with Gasteiger partial charge >= 0.3 is 6.18 Å². The van der Waals surface area contributed by atoms with Crippen molar-refractivity contribution in [1.82, 2.24) is 10.6 Å². The zero-order valence-corrected chi connectivity index (χ0v) is 14.9. The average Bonchev–Trinajstić information content (AvgIpc) is 2.98. The maximum Gasteiger partial charge on any atom is 0.416 e. The van der Waals surface area contributed by atoms with Crippen LogP contribution in [0, 0.1) is 0 Å². The number of hydrogen-bond donors (Lipinski definition) is 2. The Morgan fingerprint density at radius 3 is 2.08 bits per heavy atom. The number of alkyl halides is 4. The lowest BCUT2D eigenvalue weighted by Gasteiger charge is -2.30. The van der Waals surface area contributed by atoms with Gasteiger partial charge in [0.05, 0.1) is 17.1 Å². The van der Waals surface area contributed by atoms with Crippen molar-refractivity contribution in [3.8, 4) is 0 Å². The van der Waals surface area contributed by atoms with Crippen LogP contribution in [-0.2, 0) is 22.2 Å². The zero-order valence-electron chi connectivity index (χ0n) is 14.9. The molecule has 1 atom stereocenters. The van der Waals surface area contributed by atoms with Gasteiger partial charge in [-0.05, 0) is 70.3 Å². The summed E-state index contributed by atoms with van der Waals surface area (Å²) in [7, 11) is 0. The summed E-state index contributed by atoms with van der Waals surface area (Å²) in [5.41, 5.74) is -3.77. The molecule has 3 nitrogen and oxygen atoms in total. The topological polar surface area (TPSA) is 41.1 Å². The molecule has 1 aromatic rings. The monoisotopic (exact) mass is 360 g/mol. The van der Waals surface area contributed by atoms with Crippen molar-refractivity contribution in [2.24, 2.45) is 0 Å². The Kier molecular flexibility index (Phi) is 5.19. The zero-order chi connectivity index (χ0) is 19.0. The first-order chi connectivity index (χ1) is 11.3. The highest BCUT2D eigenvalue weighted by Crippen LogP contribution is 2.37. The minimum Gasteiger partial charge on any atom is -0.346 e. The van der Waals surface area contributed by atoms with E-state index < -0.39 is 22.9 Å². The van der Waals surface area contributed by atoms with Gasteiger partial charge in [0.15, 0.2) is 0 Å².